The van der Waals surface area contributed by atoms with E-state index in [1.54, 1.807) is 0 Å². The van der Waals surface area contributed by atoms with Crippen LogP contribution in [0.25, 0.3) is 0 Å². The zero-order valence-electron chi connectivity index (χ0n) is 8.97. The number of hydrogen-bond donors (Lipinski definition) is 0. The van der Waals surface area contributed by atoms with E-state index in [2.05, 4.69) is 5.16 Å². The van der Waals surface area contributed by atoms with Gasteiger partial charge in [-0.25, -0.2) is 8.42 Å². The van der Waals surface area contributed by atoms with Crippen molar-refractivity contribution < 1.29 is 17.7 Å². The maximum Gasteiger partial charge on any atom is 0.164 e. The minimum absolute atomic E-state index is 0.147. The molecule has 1 aromatic rings. The van der Waals surface area contributed by atoms with E-state index in [-0.39, 0.29) is 18.0 Å². The fourth-order valence-corrected chi connectivity index (χ4v) is 3.83. The Kier molecular flexibility index (Phi) is 2.84. The molecule has 0 N–H and O–H groups in total. The normalized spacial score (nSPS) is 23.4. The van der Waals surface area contributed by atoms with Gasteiger partial charge >= 0.3 is 0 Å². The van der Waals surface area contributed by atoms with Gasteiger partial charge in [-0.2, -0.15) is 0 Å². The summed E-state index contributed by atoms with van der Waals surface area (Å²) in [7, 11) is -3.00. The van der Waals surface area contributed by atoms with E-state index in [4.69, 9.17) is 4.52 Å². The molecule has 0 saturated carbocycles. The molecule has 1 atom stereocenters. The average Bonchev–Trinajstić information content (AvgIpc) is 2.74. The van der Waals surface area contributed by atoms with Crippen molar-refractivity contribution in [3.63, 3.8) is 0 Å². The summed E-state index contributed by atoms with van der Waals surface area (Å²) in [6.07, 6.45) is 2.94. The van der Waals surface area contributed by atoms with Crippen molar-refractivity contribution in [3.05, 3.63) is 17.5 Å². The Hall–Kier alpha value is -1.17. The molecule has 1 aromatic heterocycles. The smallest absolute Gasteiger partial charge is 0.164 e. The topological polar surface area (TPSA) is 77.2 Å². The quantitative estimate of drug-likeness (QED) is 0.740. The van der Waals surface area contributed by atoms with Crippen LogP contribution in [-0.2, 0) is 16.3 Å². The highest BCUT2D eigenvalue weighted by Gasteiger charge is 2.33. The van der Waals surface area contributed by atoms with Crippen LogP contribution < -0.4 is 0 Å². The molecule has 0 bridgehead atoms. The molecular weight excluding hydrogens is 230 g/mol. The minimum atomic E-state index is -3.00. The van der Waals surface area contributed by atoms with Gasteiger partial charge in [-0.15, -0.1) is 0 Å². The molecule has 0 aromatic carbocycles. The minimum Gasteiger partial charge on any atom is -0.361 e. The Bertz CT molecular complexity index is 503. The van der Waals surface area contributed by atoms with Crippen LogP contribution in [0.4, 0.5) is 0 Å². The van der Waals surface area contributed by atoms with Gasteiger partial charge in [-0.3, -0.25) is 4.79 Å². The summed E-state index contributed by atoms with van der Waals surface area (Å²) in [5, 5.41) is 3.12. The van der Waals surface area contributed by atoms with Crippen LogP contribution >= 0.6 is 0 Å². The highest BCUT2D eigenvalue weighted by atomic mass is 32.2. The molecule has 16 heavy (non-hydrogen) atoms. The number of ketones is 1. The van der Waals surface area contributed by atoms with Crippen LogP contribution in [0.1, 0.15) is 35.9 Å². The molecule has 1 fully saturated rings. The molecule has 0 spiro atoms. The second-order valence-corrected chi connectivity index (χ2v) is 6.45. The number of sulfone groups is 1. The lowest BCUT2D eigenvalue weighted by Gasteiger charge is -2.06. The van der Waals surface area contributed by atoms with E-state index in [1.807, 2.05) is 0 Å². The van der Waals surface area contributed by atoms with Crippen LogP contribution in [0.15, 0.2) is 10.7 Å². The van der Waals surface area contributed by atoms with Crippen LogP contribution in [0, 0.1) is 0 Å². The largest absolute Gasteiger partial charge is 0.361 e. The van der Waals surface area contributed by atoms with E-state index in [0.717, 1.165) is 0 Å². The van der Waals surface area contributed by atoms with Gasteiger partial charge in [0.2, 0.25) is 0 Å². The summed E-state index contributed by atoms with van der Waals surface area (Å²) in [6, 6.07) is 0. The zero-order valence-corrected chi connectivity index (χ0v) is 9.79. The summed E-state index contributed by atoms with van der Waals surface area (Å²) in [4.78, 5) is 11.2. The molecule has 2 heterocycles. The van der Waals surface area contributed by atoms with Gasteiger partial charge in [0, 0.05) is 6.42 Å². The molecule has 5 nitrogen and oxygen atoms in total. The first kappa shape index (κ1) is 11.3. The Morgan fingerprint density at radius 2 is 2.38 bits per heavy atom. The summed E-state index contributed by atoms with van der Waals surface area (Å²) in [5.41, 5.74) is 0.391. The van der Waals surface area contributed by atoms with E-state index >= 15 is 0 Å². The SMILES string of the molecule is CC(=O)c1cnoc1CC1CCCS1(=O)=O. The van der Waals surface area contributed by atoms with Gasteiger partial charge in [0.05, 0.1) is 22.8 Å². The Labute approximate surface area is 93.7 Å². The highest BCUT2D eigenvalue weighted by Crippen LogP contribution is 2.24. The number of nitrogens with zero attached hydrogens (tertiary/aromatic N) is 1. The molecule has 0 radical (unpaired) electrons. The lowest BCUT2D eigenvalue weighted by Crippen LogP contribution is -2.19. The molecule has 0 amide bonds. The van der Waals surface area contributed by atoms with E-state index in [9.17, 15) is 13.2 Å². The summed E-state index contributed by atoms with van der Waals surface area (Å²) < 4.78 is 28.2. The van der Waals surface area contributed by atoms with Crippen LogP contribution in [0.2, 0.25) is 0 Å². The Morgan fingerprint density at radius 3 is 2.94 bits per heavy atom. The Morgan fingerprint density at radius 1 is 1.62 bits per heavy atom. The molecule has 2 rings (SSSR count). The number of carbonyl (C=O) groups is 1. The molecule has 1 aliphatic rings. The van der Waals surface area contributed by atoms with Crippen molar-refractivity contribution in [1.29, 1.82) is 0 Å². The second kappa shape index (κ2) is 4.01. The van der Waals surface area contributed by atoms with E-state index in [0.29, 0.717) is 24.2 Å². The maximum absolute atomic E-state index is 11.6. The maximum atomic E-state index is 11.6. The van der Waals surface area contributed by atoms with Crippen molar-refractivity contribution in [3.8, 4) is 0 Å². The second-order valence-electron chi connectivity index (χ2n) is 4.05. The first-order valence-corrected chi connectivity index (χ1v) is 6.88. The van der Waals surface area contributed by atoms with E-state index < -0.39 is 15.1 Å². The van der Waals surface area contributed by atoms with Crippen molar-refractivity contribution >= 4 is 15.6 Å². The van der Waals surface area contributed by atoms with Crippen molar-refractivity contribution in [1.82, 2.24) is 5.16 Å². The number of rotatable bonds is 3. The third-order valence-electron chi connectivity index (χ3n) is 2.90. The zero-order chi connectivity index (χ0) is 11.8. The average molecular weight is 243 g/mol. The summed E-state index contributed by atoms with van der Waals surface area (Å²) >= 11 is 0. The lowest BCUT2D eigenvalue weighted by molar-refractivity contribution is 0.101. The van der Waals surface area contributed by atoms with Gasteiger partial charge in [0.25, 0.3) is 0 Å². The van der Waals surface area contributed by atoms with Crippen LogP contribution in [-0.4, -0.2) is 30.4 Å². The lowest BCUT2D eigenvalue weighted by atomic mass is 10.1. The van der Waals surface area contributed by atoms with Crippen molar-refractivity contribution in [2.24, 2.45) is 0 Å². The Balaban J connectivity index is 2.21. The predicted octanol–water partition coefficient (Wildman–Crippen LogP) is 0.997. The summed E-state index contributed by atoms with van der Waals surface area (Å²) in [6.45, 7) is 1.42. The molecule has 6 heteroatoms. The number of hydrogen-bond acceptors (Lipinski definition) is 5. The first-order valence-electron chi connectivity index (χ1n) is 5.17. The highest BCUT2D eigenvalue weighted by molar-refractivity contribution is 7.92. The van der Waals surface area contributed by atoms with Gasteiger partial charge in [-0.05, 0) is 19.8 Å². The number of carbonyl (C=O) groups excluding carboxylic acids is 1. The molecule has 1 aliphatic heterocycles. The predicted molar refractivity (Wildman–Crippen MR) is 57.0 cm³/mol. The van der Waals surface area contributed by atoms with Crippen molar-refractivity contribution in [2.75, 3.05) is 5.75 Å². The van der Waals surface area contributed by atoms with Crippen LogP contribution in [0.5, 0.6) is 0 Å². The molecule has 1 saturated heterocycles. The molecule has 1 unspecified atom stereocenters. The number of aromatic nitrogens is 1. The van der Waals surface area contributed by atoms with Crippen LogP contribution in [0.3, 0.4) is 0 Å². The van der Waals surface area contributed by atoms with Gasteiger partial charge in [0.1, 0.15) is 5.76 Å². The first-order chi connectivity index (χ1) is 7.50. The molecule has 88 valence electrons. The van der Waals surface area contributed by atoms with Crippen molar-refractivity contribution in [2.45, 2.75) is 31.4 Å². The molecular formula is C10H13NO4S. The fourth-order valence-electron chi connectivity index (χ4n) is 1.99. The monoisotopic (exact) mass is 243 g/mol. The third-order valence-corrected chi connectivity index (χ3v) is 5.18. The van der Waals surface area contributed by atoms with Gasteiger partial charge < -0.3 is 4.52 Å². The fraction of sp³-hybridized carbons (Fsp3) is 0.600. The van der Waals surface area contributed by atoms with E-state index in [1.165, 1.54) is 13.1 Å². The van der Waals surface area contributed by atoms with Gasteiger partial charge in [-0.1, -0.05) is 5.16 Å². The van der Waals surface area contributed by atoms with Gasteiger partial charge in [0.15, 0.2) is 15.6 Å². The molecule has 0 aliphatic carbocycles. The third kappa shape index (κ3) is 2.02. The summed E-state index contributed by atoms with van der Waals surface area (Å²) in [5.74, 6) is 0.482. The standard InChI is InChI=1S/C10H13NO4S/c1-7(12)9-6-11-15-10(9)5-8-3-2-4-16(8,13)14/h6,8H,2-5H2,1H3. The number of Topliss-reactive ketones (excluding diaryl/α,β-unsaturated/α-hetero) is 1.